The number of aromatic nitrogens is 4. The summed E-state index contributed by atoms with van der Waals surface area (Å²) in [6.07, 6.45) is 3.31. The van der Waals surface area contributed by atoms with Crippen LogP contribution in [0, 0.1) is 17.1 Å². The molecular formula is C19H17FN6O. The first-order valence-corrected chi connectivity index (χ1v) is 8.58. The van der Waals surface area contributed by atoms with Gasteiger partial charge in [-0.05, 0) is 30.7 Å². The Balaban J connectivity index is 1.91. The van der Waals surface area contributed by atoms with Crippen LogP contribution in [-0.2, 0) is 6.42 Å². The molecule has 0 saturated carbocycles. The van der Waals surface area contributed by atoms with Crippen molar-refractivity contribution in [2.24, 2.45) is 5.73 Å². The van der Waals surface area contributed by atoms with Crippen LogP contribution in [0.2, 0.25) is 0 Å². The van der Waals surface area contributed by atoms with Crippen molar-refractivity contribution < 1.29 is 9.13 Å². The minimum absolute atomic E-state index is 0.0239. The van der Waals surface area contributed by atoms with Gasteiger partial charge in [0.1, 0.15) is 17.5 Å². The van der Waals surface area contributed by atoms with Crippen LogP contribution in [0.4, 0.5) is 4.39 Å². The van der Waals surface area contributed by atoms with Crippen molar-refractivity contribution in [3.63, 3.8) is 0 Å². The first-order valence-electron chi connectivity index (χ1n) is 8.58. The van der Waals surface area contributed by atoms with E-state index in [1.807, 2.05) is 0 Å². The van der Waals surface area contributed by atoms with E-state index in [1.54, 1.807) is 18.3 Å². The van der Waals surface area contributed by atoms with E-state index in [4.69, 9.17) is 10.5 Å². The van der Waals surface area contributed by atoms with E-state index in [0.717, 1.165) is 35.2 Å². The highest BCUT2D eigenvalue weighted by Gasteiger charge is 2.37. The molecule has 27 heavy (non-hydrogen) atoms. The van der Waals surface area contributed by atoms with E-state index in [2.05, 4.69) is 33.4 Å². The van der Waals surface area contributed by atoms with Crippen LogP contribution in [0.3, 0.4) is 0 Å². The topological polar surface area (TPSA) is 116 Å². The summed E-state index contributed by atoms with van der Waals surface area (Å²) >= 11 is 0. The number of rotatable bonds is 4. The number of nitrogens with two attached hydrogens (primary N) is 1. The lowest BCUT2D eigenvalue weighted by Crippen LogP contribution is -2.21. The second-order valence-corrected chi connectivity index (χ2v) is 6.30. The number of benzene rings is 1. The molecular weight excluding hydrogens is 347 g/mol. The lowest BCUT2D eigenvalue weighted by molar-refractivity contribution is 0.379. The molecule has 3 aromatic rings. The summed E-state index contributed by atoms with van der Waals surface area (Å²) in [6.45, 7) is 2.06. The Bertz CT molecular complexity index is 1060. The van der Waals surface area contributed by atoms with Gasteiger partial charge in [0.15, 0.2) is 0 Å². The number of allylic oxidation sites excluding steroid dienone is 1. The van der Waals surface area contributed by atoms with Crippen LogP contribution in [0.1, 0.15) is 36.1 Å². The zero-order valence-electron chi connectivity index (χ0n) is 14.6. The maximum Gasteiger partial charge on any atom is 0.244 e. The quantitative estimate of drug-likeness (QED) is 0.658. The zero-order chi connectivity index (χ0) is 19.0. The number of hydrogen-bond donors (Lipinski definition) is 3. The van der Waals surface area contributed by atoms with E-state index >= 15 is 0 Å². The standard InChI is InChI=1S/C19H17FN6O/c1-2-3-14-16-15(12(8-21)18(22)27-19(16)26-24-14)13-9-23-25-17(13)10-4-6-11(20)7-5-10/h4-7,9,15H,2-3,22H2,1H3,(H,23,25)(H,24,26)/t15-/m0/s1. The van der Waals surface area contributed by atoms with Gasteiger partial charge in [-0.3, -0.25) is 10.2 Å². The fraction of sp³-hybridized carbons (Fsp3) is 0.211. The van der Waals surface area contributed by atoms with Crippen LogP contribution < -0.4 is 10.5 Å². The van der Waals surface area contributed by atoms with Gasteiger partial charge >= 0.3 is 0 Å². The molecule has 0 unspecified atom stereocenters. The summed E-state index contributed by atoms with van der Waals surface area (Å²) in [4.78, 5) is 0. The number of hydrogen-bond acceptors (Lipinski definition) is 5. The lowest BCUT2D eigenvalue weighted by Gasteiger charge is -2.23. The fourth-order valence-electron chi connectivity index (χ4n) is 3.42. The van der Waals surface area contributed by atoms with Gasteiger partial charge in [0.05, 0.1) is 23.4 Å². The molecule has 1 aromatic carbocycles. The van der Waals surface area contributed by atoms with Crippen molar-refractivity contribution >= 4 is 0 Å². The number of fused-ring (bicyclic) bond motifs is 1. The van der Waals surface area contributed by atoms with Gasteiger partial charge < -0.3 is 10.5 Å². The van der Waals surface area contributed by atoms with Crippen molar-refractivity contribution in [2.45, 2.75) is 25.7 Å². The van der Waals surface area contributed by atoms with Crippen LogP contribution in [-0.4, -0.2) is 20.4 Å². The van der Waals surface area contributed by atoms with Crippen molar-refractivity contribution in [1.82, 2.24) is 20.4 Å². The number of ether oxygens (including phenoxy) is 1. The second kappa shape index (κ2) is 6.61. The highest BCUT2D eigenvalue weighted by molar-refractivity contribution is 5.68. The normalized spacial score (nSPS) is 16.0. The molecule has 8 heteroatoms. The lowest BCUT2D eigenvalue weighted by atomic mass is 9.82. The number of nitrogens with zero attached hydrogens (tertiary/aromatic N) is 3. The minimum Gasteiger partial charge on any atom is -0.420 e. The summed E-state index contributed by atoms with van der Waals surface area (Å²) in [6, 6.07) is 8.25. The van der Waals surface area contributed by atoms with Gasteiger partial charge in [0, 0.05) is 16.8 Å². The molecule has 7 nitrogen and oxygen atoms in total. The third kappa shape index (κ3) is 2.73. The number of nitrogens with one attached hydrogen (secondary N) is 2. The average Bonchev–Trinajstić information content (AvgIpc) is 3.29. The van der Waals surface area contributed by atoms with Gasteiger partial charge in [0.2, 0.25) is 11.8 Å². The molecule has 4 rings (SSSR count). The molecule has 0 saturated heterocycles. The van der Waals surface area contributed by atoms with Crippen molar-refractivity contribution in [1.29, 1.82) is 5.26 Å². The maximum atomic E-state index is 13.3. The Kier molecular flexibility index (Phi) is 4.12. The van der Waals surface area contributed by atoms with E-state index < -0.39 is 5.92 Å². The number of aromatic amines is 2. The molecule has 0 bridgehead atoms. The largest absolute Gasteiger partial charge is 0.420 e. The van der Waals surface area contributed by atoms with Gasteiger partial charge in [-0.25, -0.2) is 4.39 Å². The second-order valence-electron chi connectivity index (χ2n) is 6.30. The Morgan fingerprint density at radius 1 is 1.30 bits per heavy atom. The summed E-state index contributed by atoms with van der Waals surface area (Å²) in [5.74, 6) is -0.407. The molecule has 1 atom stereocenters. The number of halogens is 1. The van der Waals surface area contributed by atoms with Gasteiger partial charge in [-0.1, -0.05) is 13.3 Å². The van der Waals surface area contributed by atoms with Crippen molar-refractivity contribution in [3.05, 3.63) is 64.6 Å². The predicted molar refractivity (Wildman–Crippen MR) is 95.9 cm³/mol. The molecule has 4 N–H and O–H groups in total. The Labute approximate surface area is 154 Å². The van der Waals surface area contributed by atoms with E-state index in [9.17, 15) is 9.65 Å². The molecule has 1 aliphatic rings. The minimum atomic E-state index is -0.474. The third-order valence-corrected chi connectivity index (χ3v) is 4.63. The Morgan fingerprint density at radius 3 is 2.78 bits per heavy atom. The van der Waals surface area contributed by atoms with E-state index in [0.29, 0.717) is 17.1 Å². The highest BCUT2D eigenvalue weighted by Crippen LogP contribution is 2.45. The summed E-state index contributed by atoms with van der Waals surface area (Å²) in [5.41, 5.74) is 10.2. The molecule has 1 aliphatic heterocycles. The number of nitriles is 1. The third-order valence-electron chi connectivity index (χ3n) is 4.63. The maximum absolute atomic E-state index is 13.3. The van der Waals surface area contributed by atoms with Gasteiger partial charge in [0.25, 0.3) is 0 Å². The van der Waals surface area contributed by atoms with Crippen LogP contribution >= 0.6 is 0 Å². The zero-order valence-corrected chi connectivity index (χ0v) is 14.6. The van der Waals surface area contributed by atoms with E-state index in [1.165, 1.54) is 12.1 Å². The average molecular weight is 364 g/mol. The van der Waals surface area contributed by atoms with Gasteiger partial charge in [-0.2, -0.15) is 10.4 Å². The van der Waals surface area contributed by atoms with Crippen LogP contribution in [0.25, 0.3) is 11.3 Å². The molecule has 0 spiro atoms. The molecule has 136 valence electrons. The Hall–Kier alpha value is -3.60. The predicted octanol–water partition coefficient (Wildman–Crippen LogP) is 3.11. The van der Waals surface area contributed by atoms with Gasteiger partial charge in [-0.15, -0.1) is 5.10 Å². The molecule has 3 heterocycles. The highest BCUT2D eigenvalue weighted by atomic mass is 19.1. The summed E-state index contributed by atoms with van der Waals surface area (Å²) < 4.78 is 18.9. The fourth-order valence-corrected chi connectivity index (χ4v) is 3.42. The van der Waals surface area contributed by atoms with Crippen LogP contribution in [0.5, 0.6) is 5.88 Å². The first-order chi connectivity index (χ1) is 13.1. The monoisotopic (exact) mass is 364 g/mol. The summed E-state index contributed by atoms with van der Waals surface area (Å²) in [7, 11) is 0. The van der Waals surface area contributed by atoms with E-state index in [-0.39, 0.29) is 11.7 Å². The molecule has 0 amide bonds. The first kappa shape index (κ1) is 16.8. The number of aryl methyl sites for hydroxylation is 1. The summed E-state index contributed by atoms with van der Waals surface area (Å²) in [5, 5.41) is 24.1. The van der Waals surface area contributed by atoms with Crippen molar-refractivity contribution in [3.8, 4) is 23.2 Å². The van der Waals surface area contributed by atoms with Crippen LogP contribution in [0.15, 0.2) is 41.9 Å². The number of H-pyrrole nitrogens is 2. The molecule has 0 fully saturated rings. The van der Waals surface area contributed by atoms with Crippen molar-refractivity contribution in [2.75, 3.05) is 0 Å². The molecule has 0 aliphatic carbocycles. The Morgan fingerprint density at radius 2 is 2.07 bits per heavy atom. The molecule has 2 aromatic heterocycles. The molecule has 0 radical (unpaired) electrons. The smallest absolute Gasteiger partial charge is 0.244 e. The SMILES string of the molecule is CCCc1[nH]nc2c1[C@H](c1cn[nH]c1-c1ccc(F)cc1)C(C#N)=C(N)O2.